The first kappa shape index (κ1) is 13.1. The second-order valence-corrected chi connectivity index (χ2v) is 6.74. The fourth-order valence-corrected chi connectivity index (χ4v) is 3.96. The molecule has 0 aliphatic carbocycles. The topological polar surface area (TPSA) is 81.2 Å². The summed E-state index contributed by atoms with van der Waals surface area (Å²) in [6.45, 7) is 0.384. The number of fused-ring (bicyclic) bond motifs is 1. The molecule has 0 fully saturated rings. The highest BCUT2D eigenvalue weighted by atomic mass is 32.2. The van der Waals surface area contributed by atoms with Crippen molar-refractivity contribution in [1.29, 1.82) is 0 Å². The molecule has 20 heavy (non-hydrogen) atoms. The highest BCUT2D eigenvalue weighted by Crippen LogP contribution is 2.35. The van der Waals surface area contributed by atoms with Gasteiger partial charge in [0.25, 0.3) is 10.0 Å². The molecule has 1 aliphatic rings. The zero-order valence-electron chi connectivity index (χ0n) is 11.1. The van der Waals surface area contributed by atoms with Crippen molar-refractivity contribution >= 4 is 15.7 Å². The summed E-state index contributed by atoms with van der Waals surface area (Å²) in [4.78, 5) is 0.199. The lowest BCUT2D eigenvalue weighted by Gasteiger charge is -2.33. The lowest BCUT2D eigenvalue weighted by molar-refractivity contribution is 0.574. The normalized spacial score (nSPS) is 18.9. The number of nitrogens with two attached hydrogens (primary N) is 1. The molecule has 6 nitrogen and oxygen atoms in total. The van der Waals surface area contributed by atoms with Gasteiger partial charge in [-0.15, -0.1) is 0 Å². The van der Waals surface area contributed by atoms with Crippen LogP contribution in [0.25, 0.3) is 0 Å². The molecule has 0 saturated carbocycles. The van der Waals surface area contributed by atoms with Gasteiger partial charge in [0.15, 0.2) is 0 Å². The van der Waals surface area contributed by atoms with Gasteiger partial charge in [-0.1, -0.05) is 18.2 Å². The molecule has 1 aromatic carbocycles. The second-order valence-electron chi connectivity index (χ2n) is 4.88. The number of hydrogen-bond donors (Lipinski definition) is 1. The predicted octanol–water partition coefficient (Wildman–Crippen LogP) is 1.02. The quantitative estimate of drug-likeness (QED) is 0.896. The summed E-state index contributed by atoms with van der Waals surface area (Å²) in [6, 6.07) is 7.25. The minimum absolute atomic E-state index is 0.119. The molecule has 0 spiro atoms. The molecule has 1 unspecified atom stereocenters. The van der Waals surface area contributed by atoms with Crippen LogP contribution in [0.4, 0.5) is 5.69 Å². The maximum atomic E-state index is 12.7. The monoisotopic (exact) mass is 292 g/mol. The Kier molecular flexibility index (Phi) is 3.02. The van der Waals surface area contributed by atoms with Crippen molar-refractivity contribution in [2.45, 2.75) is 17.4 Å². The van der Waals surface area contributed by atoms with E-state index in [1.54, 1.807) is 13.1 Å². The van der Waals surface area contributed by atoms with E-state index in [4.69, 9.17) is 5.73 Å². The Morgan fingerprint density at radius 2 is 2.10 bits per heavy atom. The minimum Gasteiger partial charge on any atom is -0.324 e. The zero-order valence-corrected chi connectivity index (χ0v) is 11.9. The summed E-state index contributed by atoms with van der Waals surface area (Å²) < 4.78 is 28.3. The largest absolute Gasteiger partial charge is 0.324 e. The van der Waals surface area contributed by atoms with Gasteiger partial charge in [0.05, 0.1) is 11.9 Å². The molecular weight excluding hydrogens is 276 g/mol. The third kappa shape index (κ3) is 1.99. The van der Waals surface area contributed by atoms with Gasteiger partial charge in [-0.25, -0.2) is 8.42 Å². The van der Waals surface area contributed by atoms with Gasteiger partial charge in [0, 0.05) is 25.8 Å². The maximum Gasteiger partial charge on any atom is 0.267 e. The molecule has 7 heteroatoms. The summed E-state index contributed by atoms with van der Waals surface area (Å²) in [5.74, 6) is 0. The smallest absolute Gasteiger partial charge is 0.267 e. The van der Waals surface area contributed by atoms with E-state index < -0.39 is 10.0 Å². The number of benzene rings is 1. The first-order valence-electron chi connectivity index (χ1n) is 6.36. The van der Waals surface area contributed by atoms with Crippen molar-refractivity contribution in [2.75, 3.05) is 10.8 Å². The molecule has 2 aromatic rings. The van der Waals surface area contributed by atoms with Crippen LogP contribution >= 0.6 is 0 Å². The fraction of sp³-hybridized carbons (Fsp3) is 0.308. The van der Waals surface area contributed by atoms with Crippen LogP contribution in [-0.4, -0.2) is 24.7 Å². The summed E-state index contributed by atoms with van der Waals surface area (Å²) in [7, 11) is -1.89. The van der Waals surface area contributed by atoms with Crippen LogP contribution in [0, 0.1) is 0 Å². The van der Waals surface area contributed by atoms with Crippen LogP contribution in [0.5, 0.6) is 0 Å². The summed E-state index contributed by atoms with van der Waals surface area (Å²) in [6.07, 6.45) is 3.48. The van der Waals surface area contributed by atoms with E-state index in [0.717, 1.165) is 5.56 Å². The zero-order chi connectivity index (χ0) is 14.3. The Labute approximate surface area is 117 Å². The summed E-state index contributed by atoms with van der Waals surface area (Å²) in [5, 5.41) is 3.93. The average molecular weight is 292 g/mol. The number of para-hydroxylation sites is 1. The van der Waals surface area contributed by atoms with Crippen LogP contribution in [0.1, 0.15) is 18.0 Å². The highest BCUT2D eigenvalue weighted by Gasteiger charge is 2.32. The number of aryl methyl sites for hydroxylation is 1. The number of rotatable bonds is 2. The van der Waals surface area contributed by atoms with E-state index in [9.17, 15) is 8.42 Å². The van der Waals surface area contributed by atoms with Gasteiger partial charge in [0.1, 0.15) is 4.90 Å². The van der Waals surface area contributed by atoms with Crippen molar-refractivity contribution in [3.63, 3.8) is 0 Å². The summed E-state index contributed by atoms with van der Waals surface area (Å²) in [5.41, 5.74) is 7.59. The lowest BCUT2D eigenvalue weighted by atomic mass is 9.99. The molecule has 1 aliphatic heterocycles. The van der Waals surface area contributed by atoms with Gasteiger partial charge >= 0.3 is 0 Å². The molecule has 2 N–H and O–H groups in total. The average Bonchev–Trinajstić information content (AvgIpc) is 2.87. The third-order valence-corrected chi connectivity index (χ3v) is 5.28. The molecule has 1 aromatic heterocycles. The molecule has 0 radical (unpaired) electrons. The fourth-order valence-electron chi connectivity index (χ4n) is 2.47. The summed E-state index contributed by atoms with van der Waals surface area (Å²) >= 11 is 0. The number of aromatic nitrogens is 2. The first-order valence-corrected chi connectivity index (χ1v) is 7.80. The number of hydrogen-bond acceptors (Lipinski definition) is 4. The molecule has 3 rings (SSSR count). The van der Waals surface area contributed by atoms with Gasteiger partial charge in [-0.2, -0.15) is 5.10 Å². The van der Waals surface area contributed by atoms with E-state index in [-0.39, 0.29) is 10.9 Å². The Morgan fingerprint density at radius 1 is 1.35 bits per heavy atom. The lowest BCUT2D eigenvalue weighted by Crippen LogP contribution is -2.38. The molecule has 2 heterocycles. The Hall–Kier alpha value is -1.86. The molecule has 1 atom stereocenters. The number of nitrogens with zero attached hydrogens (tertiary/aromatic N) is 3. The minimum atomic E-state index is -3.58. The van der Waals surface area contributed by atoms with Crippen molar-refractivity contribution in [3.8, 4) is 0 Å². The van der Waals surface area contributed by atoms with Crippen LogP contribution in [0.15, 0.2) is 41.6 Å². The van der Waals surface area contributed by atoms with Gasteiger partial charge in [-0.3, -0.25) is 8.99 Å². The molecule has 0 saturated heterocycles. The van der Waals surface area contributed by atoms with E-state index in [1.807, 2.05) is 18.2 Å². The van der Waals surface area contributed by atoms with Crippen LogP contribution < -0.4 is 10.0 Å². The van der Waals surface area contributed by atoms with Gasteiger partial charge < -0.3 is 5.73 Å². The number of sulfonamides is 1. The van der Waals surface area contributed by atoms with Crippen LogP contribution in [0.2, 0.25) is 0 Å². The van der Waals surface area contributed by atoms with Crippen molar-refractivity contribution < 1.29 is 8.42 Å². The molecule has 0 bridgehead atoms. The Morgan fingerprint density at radius 3 is 2.80 bits per heavy atom. The first-order chi connectivity index (χ1) is 9.50. The Balaban J connectivity index is 2.10. The van der Waals surface area contributed by atoms with Crippen LogP contribution in [-0.2, 0) is 17.1 Å². The van der Waals surface area contributed by atoms with Crippen LogP contribution in [0.3, 0.4) is 0 Å². The molecule has 106 valence electrons. The van der Waals surface area contributed by atoms with Crippen molar-refractivity contribution in [2.24, 2.45) is 12.8 Å². The second kappa shape index (κ2) is 4.60. The maximum absolute atomic E-state index is 12.7. The highest BCUT2D eigenvalue weighted by molar-refractivity contribution is 7.92. The third-order valence-electron chi connectivity index (χ3n) is 3.52. The van der Waals surface area contributed by atoms with E-state index in [0.29, 0.717) is 18.7 Å². The van der Waals surface area contributed by atoms with E-state index >= 15 is 0 Å². The molecular formula is C13H16N4O2S. The molecule has 0 amide bonds. The van der Waals surface area contributed by atoms with Gasteiger partial charge in [-0.05, 0) is 18.1 Å². The van der Waals surface area contributed by atoms with Gasteiger partial charge in [0.2, 0.25) is 0 Å². The van der Waals surface area contributed by atoms with Crippen molar-refractivity contribution in [3.05, 3.63) is 42.2 Å². The van der Waals surface area contributed by atoms with Crippen molar-refractivity contribution in [1.82, 2.24) is 9.78 Å². The predicted molar refractivity (Wildman–Crippen MR) is 75.7 cm³/mol. The van der Waals surface area contributed by atoms with E-state index in [2.05, 4.69) is 5.10 Å². The SMILES string of the molecule is Cn1cc(S(=O)(=O)N2CCC(N)c3ccccc32)cn1. The number of anilines is 1. The van der Waals surface area contributed by atoms with E-state index in [1.165, 1.54) is 21.4 Å². The standard InChI is InChI=1S/C13H16N4O2S/c1-16-9-10(8-15-16)20(18,19)17-7-6-12(14)11-4-2-3-5-13(11)17/h2-5,8-9,12H,6-7,14H2,1H3. The Bertz CT molecular complexity index is 738.